The Morgan fingerprint density at radius 2 is 2.27 bits per heavy atom. The van der Waals surface area contributed by atoms with E-state index in [4.69, 9.17) is 0 Å². The lowest BCUT2D eigenvalue weighted by Crippen LogP contribution is -2.11. The zero-order valence-electron chi connectivity index (χ0n) is 8.91. The van der Waals surface area contributed by atoms with E-state index in [1.165, 1.54) is 9.75 Å². The smallest absolute Gasteiger partial charge is 0.133 e. The molecule has 2 nitrogen and oxygen atoms in total. The monoisotopic (exact) mass is 238 g/mol. The minimum atomic E-state index is 0.872. The number of aromatic nitrogens is 1. The van der Waals surface area contributed by atoms with Gasteiger partial charge in [-0.25, -0.2) is 4.98 Å². The lowest BCUT2D eigenvalue weighted by Gasteiger charge is -1.95. The average Bonchev–Trinajstić information content (AvgIpc) is 2.83. The molecule has 0 radical (unpaired) electrons. The van der Waals surface area contributed by atoms with Gasteiger partial charge in [-0.3, -0.25) is 0 Å². The van der Waals surface area contributed by atoms with E-state index in [0.717, 1.165) is 23.8 Å². The first-order valence-electron chi connectivity index (χ1n) is 5.01. The highest BCUT2D eigenvalue weighted by Gasteiger charge is 2.05. The summed E-state index contributed by atoms with van der Waals surface area (Å²) in [7, 11) is 0. The van der Waals surface area contributed by atoms with Gasteiger partial charge in [0.25, 0.3) is 0 Å². The molecule has 0 bridgehead atoms. The molecular formula is C11H14N2S2. The van der Waals surface area contributed by atoms with Crippen molar-refractivity contribution in [2.75, 3.05) is 6.54 Å². The highest BCUT2D eigenvalue weighted by atomic mass is 32.1. The molecular weight excluding hydrogens is 224 g/mol. The lowest BCUT2D eigenvalue weighted by atomic mass is 10.4. The Balaban J connectivity index is 2.13. The van der Waals surface area contributed by atoms with Gasteiger partial charge in [-0.05, 0) is 25.6 Å². The summed E-state index contributed by atoms with van der Waals surface area (Å²) in [4.78, 5) is 7.22. The van der Waals surface area contributed by atoms with Crippen LogP contribution in [0.15, 0.2) is 17.5 Å². The summed E-state index contributed by atoms with van der Waals surface area (Å²) < 4.78 is 0. The normalized spacial score (nSPS) is 10.8. The number of thiazole rings is 1. The van der Waals surface area contributed by atoms with Gasteiger partial charge in [0.1, 0.15) is 5.01 Å². The van der Waals surface area contributed by atoms with E-state index in [-0.39, 0.29) is 0 Å². The summed E-state index contributed by atoms with van der Waals surface area (Å²) in [5.41, 5.74) is 1.14. The molecule has 0 saturated heterocycles. The molecule has 2 heterocycles. The largest absolute Gasteiger partial charge is 0.311 e. The standard InChI is InChI=1S/C11H14N2S2/c1-3-12-6-9-7-14-11(13-9)10-5-4-8(2)15-10/h4-5,7,12H,3,6H2,1-2H3. The van der Waals surface area contributed by atoms with Crippen molar-refractivity contribution in [1.82, 2.24) is 10.3 Å². The van der Waals surface area contributed by atoms with E-state index in [0.29, 0.717) is 0 Å². The Kier molecular flexibility index (Phi) is 3.51. The maximum absolute atomic E-state index is 4.60. The van der Waals surface area contributed by atoms with Gasteiger partial charge >= 0.3 is 0 Å². The van der Waals surface area contributed by atoms with Crippen molar-refractivity contribution in [3.05, 3.63) is 28.1 Å². The van der Waals surface area contributed by atoms with E-state index in [2.05, 4.69) is 41.7 Å². The summed E-state index contributed by atoms with van der Waals surface area (Å²) >= 11 is 3.53. The maximum Gasteiger partial charge on any atom is 0.133 e. The van der Waals surface area contributed by atoms with Crippen LogP contribution in [0.3, 0.4) is 0 Å². The molecule has 0 amide bonds. The highest BCUT2D eigenvalue weighted by Crippen LogP contribution is 2.30. The fraction of sp³-hybridized carbons (Fsp3) is 0.364. The summed E-state index contributed by atoms with van der Waals surface area (Å²) in [6.07, 6.45) is 0. The molecule has 1 N–H and O–H groups in total. The van der Waals surface area contributed by atoms with Crippen LogP contribution < -0.4 is 5.32 Å². The SMILES string of the molecule is CCNCc1csc(-c2ccc(C)s2)n1. The van der Waals surface area contributed by atoms with Crippen molar-refractivity contribution in [3.8, 4) is 9.88 Å². The number of aryl methyl sites for hydroxylation is 1. The van der Waals surface area contributed by atoms with Crippen molar-refractivity contribution in [2.45, 2.75) is 20.4 Å². The first-order chi connectivity index (χ1) is 7.29. The van der Waals surface area contributed by atoms with E-state index >= 15 is 0 Å². The Morgan fingerprint density at radius 3 is 2.93 bits per heavy atom. The van der Waals surface area contributed by atoms with Gasteiger partial charge in [0.15, 0.2) is 0 Å². The van der Waals surface area contributed by atoms with Crippen LogP contribution in [-0.2, 0) is 6.54 Å². The number of hydrogen-bond acceptors (Lipinski definition) is 4. The van der Waals surface area contributed by atoms with E-state index in [9.17, 15) is 0 Å². The third-order valence-electron chi connectivity index (χ3n) is 2.06. The van der Waals surface area contributed by atoms with Crippen molar-refractivity contribution in [2.24, 2.45) is 0 Å². The zero-order valence-corrected chi connectivity index (χ0v) is 10.5. The molecule has 0 spiro atoms. The van der Waals surface area contributed by atoms with Crippen molar-refractivity contribution in [3.63, 3.8) is 0 Å². The van der Waals surface area contributed by atoms with Crippen LogP contribution in [0.5, 0.6) is 0 Å². The number of nitrogens with zero attached hydrogens (tertiary/aromatic N) is 1. The van der Waals surface area contributed by atoms with Crippen LogP contribution in [-0.4, -0.2) is 11.5 Å². The average molecular weight is 238 g/mol. The summed E-state index contributed by atoms with van der Waals surface area (Å²) in [5, 5.41) is 6.55. The fourth-order valence-corrected chi connectivity index (χ4v) is 3.06. The molecule has 0 fully saturated rings. The third-order valence-corrected chi connectivity index (χ3v) is 4.12. The van der Waals surface area contributed by atoms with Gasteiger partial charge < -0.3 is 5.32 Å². The Morgan fingerprint density at radius 1 is 1.40 bits per heavy atom. The van der Waals surface area contributed by atoms with Crippen LogP contribution in [0, 0.1) is 6.92 Å². The molecule has 0 unspecified atom stereocenters. The molecule has 0 atom stereocenters. The summed E-state index contributed by atoms with van der Waals surface area (Å²) in [6, 6.07) is 4.29. The van der Waals surface area contributed by atoms with Crippen LogP contribution in [0.25, 0.3) is 9.88 Å². The molecule has 2 rings (SSSR count). The lowest BCUT2D eigenvalue weighted by molar-refractivity contribution is 0.715. The quantitative estimate of drug-likeness (QED) is 0.884. The fourth-order valence-electron chi connectivity index (χ4n) is 1.30. The molecule has 15 heavy (non-hydrogen) atoms. The topological polar surface area (TPSA) is 24.9 Å². The first kappa shape index (κ1) is 10.8. The van der Waals surface area contributed by atoms with Crippen LogP contribution >= 0.6 is 22.7 Å². The second-order valence-corrected chi connectivity index (χ2v) is 5.48. The molecule has 0 aliphatic rings. The van der Waals surface area contributed by atoms with Gasteiger partial charge in [0.05, 0.1) is 10.6 Å². The van der Waals surface area contributed by atoms with E-state index in [1.807, 2.05) is 0 Å². The number of hydrogen-bond donors (Lipinski definition) is 1. The van der Waals surface area contributed by atoms with Crippen molar-refractivity contribution >= 4 is 22.7 Å². The van der Waals surface area contributed by atoms with E-state index in [1.54, 1.807) is 22.7 Å². The highest BCUT2D eigenvalue weighted by molar-refractivity contribution is 7.21. The van der Waals surface area contributed by atoms with Gasteiger partial charge in [-0.2, -0.15) is 0 Å². The molecule has 0 saturated carbocycles. The molecule has 2 aromatic heterocycles. The number of nitrogens with one attached hydrogen (secondary N) is 1. The predicted octanol–water partition coefficient (Wildman–Crippen LogP) is 3.29. The molecule has 4 heteroatoms. The zero-order chi connectivity index (χ0) is 10.7. The molecule has 0 aliphatic heterocycles. The Bertz CT molecular complexity index is 431. The molecule has 2 aromatic rings. The second kappa shape index (κ2) is 4.88. The minimum Gasteiger partial charge on any atom is -0.311 e. The van der Waals surface area contributed by atoms with Gasteiger partial charge in [-0.15, -0.1) is 22.7 Å². The number of rotatable bonds is 4. The van der Waals surface area contributed by atoms with Crippen molar-refractivity contribution in [1.29, 1.82) is 0 Å². The predicted molar refractivity (Wildman–Crippen MR) is 67.5 cm³/mol. The minimum absolute atomic E-state index is 0.872. The summed E-state index contributed by atoms with van der Waals surface area (Å²) in [5.74, 6) is 0. The molecule has 80 valence electrons. The van der Waals surface area contributed by atoms with Crippen molar-refractivity contribution < 1.29 is 0 Å². The maximum atomic E-state index is 4.60. The number of thiophene rings is 1. The first-order valence-corrected chi connectivity index (χ1v) is 6.71. The molecule has 0 aliphatic carbocycles. The van der Waals surface area contributed by atoms with Gasteiger partial charge in [-0.1, -0.05) is 6.92 Å². The van der Waals surface area contributed by atoms with Gasteiger partial charge in [0, 0.05) is 16.8 Å². The second-order valence-electron chi connectivity index (χ2n) is 3.33. The van der Waals surface area contributed by atoms with Crippen LogP contribution in [0.2, 0.25) is 0 Å². The van der Waals surface area contributed by atoms with Gasteiger partial charge in [0.2, 0.25) is 0 Å². The Labute approximate surface area is 98.0 Å². The van der Waals surface area contributed by atoms with Crippen LogP contribution in [0.4, 0.5) is 0 Å². The molecule has 0 aromatic carbocycles. The Hall–Kier alpha value is -0.710. The van der Waals surface area contributed by atoms with Crippen LogP contribution in [0.1, 0.15) is 17.5 Å². The third kappa shape index (κ3) is 2.65. The van der Waals surface area contributed by atoms with E-state index < -0.39 is 0 Å². The summed E-state index contributed by atoms with van der Waals surface area (Å²) in [6.45, 7) is 6.10.